The molecule has 5 aliphatic rings. The average molecular weight is 351 g/mol. The van der Waals surface area contributed by atoms with Gasteiger partial charge in [-0.3, -0.25) is 14.4 Å². The van der Waals surface area contributed by atoms with Crippen LogP contribution in [0, 0.1) is 35.5 Å². The van der Waals surface area contributed by atoms with Crippen molar-refractivity contribution in [1.82, 2.24) is 0 Å². The summed E-state index contributed by atoms with van der Waals surface area (Å²) in [5.41, 5.74) is 0.889. The van der Waals surface area contributed by atoms with Gasteiger partial charge in [-0.05, 0) is 62.1 Å². The largest absolute Gasteiger partial charge is 0.492 e. The smallest absolute Gasteiger partial charge is 0.238 e. The van der Waals surface area contributed by atoms with Crippen LogP contribution in [0.15, 0.2) is 30.4 Å². The first-order valence-electron chi connectivity index (χ1n) is 9.36. The number of amides is 2. The van der Waals surface area contributed by atoms with Crippen LogP contribution in [0.4, 0.5) is 5.69 Å². The number of nitrogens with zero attached hydrogens (tertiary/aromatic N) is 1. The monoisotopic (exact) mass is 351 g/mol. The first-order chi connectivity index (χ1) is 12.5. The Labute approximate surface area is 152 Å². The van der Waals surface area contributed by atoms with Gasteiger partial charge in [-0.1, -0.05) is 12.2 Å². The Hall–Kier alpha value is -2.43. The van der Waals surface area contributed by atoms with Gasteiger partial charge in [0.2, 0.25) is 11.8 Å². The van der Waals surface area contributed by atoms with Gasteiger partial charge in [-0.15, -0.1) is 0 Å². The fraction of sp³-hybridized carbons (Fsp3) is 0.476. The number of ether oxygens (including phenoxy) is 1. The maximum Gasteiger partial charge on any atom is 0.238 e. The molecule has 1 aliphatic heterocycles. The Morgan fingerprint density at radius 3 is 2.27 bits per heavy atom. The van der Waals surface area contributed by atoms with Gasteiger partial charge in [-0.25, -0.2) is 4.90 Å². The van der Waals surface area contributed by atoms with Crippen LogP contribution in [0.25, 0.3) is 0 Å². The van der Waals surface area contributed by atoms with E-state index < -0.39 is 0 Å². The number of hydrogen-bond donors (Lipinski definition) is 0. The molecule has 6 atom stereocenters. The highest BCUT2D eigenvalue weighted by atomic mass is 16.5. The Balaban J connectivity index is 1.59. The molecule has 6 rings (SSSR count). The molecule has 0 radical (unpaired) electrons. The molecule has 5 heteroatoms. The standard InChI is InChI=1S/C21H21NO4/c1-3-26-17-7-4-11(10(2)23)8-16(17)22-20(24)18-12-5-6-13(15-9-14(12)15)19(18)21(22)25/h4-8,12-15,18-19H,3,9H2,1-2H3/t12-,13-,14-,15-,18-,19+/m1/s1. The van der Waals surface area contributed by atoms with Crippen LogP contribution < -0.4 is 9.64 Å². The SMILES string of the molecule is CCOc1ccc(C(C)=O)cc1N1C(=O)[C@@H]2[C@@H]3C=C[C@H]([C@H]4C[C@H]34)[C@@H]2C1=O. The van der Waals surface area contributed by atoms with E-state index in [4.69, 9.17) is 4.74 Å². The number of allylic oxidation sites excluding steroid dienone is 2. The lowest BCUT2D eigenvalue weighted by Gasteiger charge is -2.37. The molecule has 2 saturated carbocycles. The maximum atomic E-state index is 13.3. The highest BCUT2D eigenvalue weighted by Gasteiger charge is 2.67. The summed E-state index contributed by atoms with van der Waals surface area (Å²) in [4.78, 5) is 39.7. The first kappa shape index (κ1) is 15.8. The van der Waals surface area contributed by atoms with Crippen molar-refractivity contribution in [2.75, 3.05) is 11.5 Å². The van der Waals surface area contributed by atoms with E-state index in [1.165, 1.54) is 11.8 Å². The Morgan fingerprint density at radius 2 is 1.73 bits per heavy atom. The molecular weight excluding hydrogens is 330 g/mol. The fourth-order valence-corrected chi connectivity index (χ4v) is 5.38. The van der Waals surface area contributed by atoms with Crippen molar-refractivity contribution in [2.45, 2.75) is 20.3 Å². The number of anilines is 1. The van der Waals surface area contributed by atoms with Gasteiger partial charge in [0.15, 0.2) is 5.78 Å². The molecule has 2 bridgehead atoms. The van der Waals surface area contributed by atoms with Crippen LogP contribution in [0.5, 0.6) is 5.75 Å². The second kappa shape index (κ2) is 5.29. The van der Waals surface area contributed by atoms with Crippen molar-refractivity contribution in [2.24, 2.45) is 35.5 Å². The number of benzene rings is 1. The zero-order valence-electron chi connectivity index (χ0n) is 14.8. The van der Waals surface area contributed by atoms with Gasteiger partial charge in [-0.2, -0.15) is 0 Å². The second-order valence-corrected chi connectivity index (χ2v) is 7.84. The van der Waals surface area contributed by atoms with Crippen LogP contribution in [0.2, 0.25) is 0 Å². The van der Waals surface area contributed by atoms with E-state index in [0.717, 1.165) is 6.42 Å². The third-order valence-corrected chi connectivity index (χ3v) is 6.57. The maximum absolute atomic E-state index is 13.3. The molecule has 1 aromatic carbocycles. The van der Waals surface area contributed by atoms with Crippen molar-refractivity contribution in [3.63, 3.8) is 0 Å². The van der Waals surface area contributed by atoms with Crippen molar-refractivity contribution in [3.8, 4) is 5.75 Å². The summed E-state index contributed by atoms with van der Waals surface area (Å²) >= 11 is 0. The number of rotatable bonds is 4. The summed E-state index contributed by atoms with van der Waals surface area (Å²) in [6, 6.07) is 4.98. The summed E-state index contributed by atoms with van der Waals surface area (Å²) in [7, 11) is 0. The van der Waals surface area contributed by atoms with Crippen molar-refractivity contribution in [1.29, 1.82) is 0 Å². The molecule has 0 aromatic heterocycles. The summed E-state index contributed by atoms with van der Waals surface area (Å²) in [5.74, 6) is 1.10. The molecule has 1 aromatic rings. The van der Waals surface area contributed by atoms with Crippen molar-refractivity contribution >= 4 is 23.3 Å². The fourth-order valence-electron chi connectivity index (χ4n) is 5.38. The minimum absolute atomic E-state index is 0.103. The van der Waals surface area contributed by atoms with Gasteiger partial charge < -0.3 is 4.74 Å². The van der Waals surface area contributed by atoms with E-state index in [9.17, 15) is 14.4 Å². The highest BCUT2D eigenvalue weighted by molar-refractivity contribution is 6.23. The van der Waals surface area contributed by atoms with E-state index in [1.807, 2.05) is 6.92 Å². The molecule has 1 heterocycles. The molecule has 0 spiro atoms. The molecule has 4 aliphatic carbocycles. The van der Waals surface area contributed by atoms with Crippen LogP contribution >= 0.6 is 0 Å². The normalized spacial score (nSPS) is 36.2. The van der Waals surface area contributed by atoms with Crippen LogP contribution in [0.3, 0.4) is 0 Å². The lowest BCUT2D eigenvalue weighted by atomic mass is 9.63. The summed E-state index contributed by atoms with van der Waals surface area (Å²) in [6.07, 6.45) is 5.45. The number of imide groups is 1. The third kappa shape index (κ3) is 1.94. The van der Waals surface area contributed by atoms with Crippen molar-refractivity contribution < 1.29 is 19.1 Å². The molecule has 134 valence electrons. The number of Topliss-reactive ketones (excluding diaryl/α,β-unsaturated/α-hetero) is 1. The van der Waals surface area contributed by atoms with Crippen LogP contribution in [-0.2, 0) is 9.59 Å². The molecule has 1 saturated heterocycles. The van der Waals surface area contributed by atoms with Crippen LogP contribution in [0.1, 0.15) is 30.6 Å². The molecule has 3 fully saturated rings. The van der Waals surface area contributed by atoms with E-state index in [1.54, 1.807) is 18.2 Å². The van der Waals surface area contributed by atoms with E-state index in [-0.39, 0.29) is 41.3 Å². The quantitative estimate of drug-likeness (QED) is 0.475. The molecule has 2 amide bonds. The summed E-state index contributed by atoms with van der Waals surface area (Å²) in [5, 5.41) is 0. The predicted octanol–water partition coefficient (Wildman–Crippen LogP) is 2.85. The first-order valence-corrected chi connectivity index (χ1v) is 9.36. The van der Waals surface area contributed by atoms with Gasteiger partial charge in [0.05, 0.1) is 24.1 Å². The lowest BCUT2D eigenvalue weighted by molar-refractivity contribution is -0.124. The zero-order valence-corrected chi connectivity index (χ0v) is 14.8. The number of ketones is 1. The topological polar surface area (TPSA) is 63.7 Å². The molecular formula is C21H21NO4. The minimum atomic E-state index is -0.253. The second-order valence-electron chi connectivity index (χ2n) is 7.84. The lowest BCUT2D eigenvalue weighted by Crippen LogP contribution is -2.40. The predicted molar refractivity (Wildman–Crippen MR) is 94.8 cm³/mol. The van der Waals surface area contributed by atoms with Gasteiger partial charge >= 0.3 is 0 Å². The van der Waals surface area contributed by atoms with E-state index >= 15 is 0 Å². The summed E-state index contributed by atoms with van der Waals surface area (Å²) < 4.78 is 5.66. The molecule has 0 unspecified atom stereocenters. The highest BCUT2D eigenvalue weighted by Crippen LogP contribution is 2.65. The molecule has 0 N–H and O–H groups in total. The number of hydrogen-bond acceptors (Lipinski definition) is 4. The number of carbonyl (C=O) groups excluding carboxylic acids is 3. The van der Waals surface area contributed by atoms with Gasteiger partial charge in [0.1, 0.15) is 5.75 Å². The van der Waals surface area contributed by atoms with Crippen molar-refractivity contribution in [3.05, 3.63) is 35.9 Å². The summed E-state index contributed by atoms with van der Waals surface area (Å²) in [6.45, 7) is 3.75. The van der Waals surface area contributed by atoms with Gasteiger partial charge in [0.25, 0.3) is 0 Å². The van der Waals surface area contributed by atoms with E-state index in [2.05, 4.69) is 12.2 Å². The average Bonchev–Trinajstić information content (AvgIpc) is 3.40. The minimum Gasteiger partial charge on any atom is -0.492 e. The third-order valence-electron chi connectivity index (χ3n) is 6.57. The Bertz CT molecular complexity index is 837. The van der Waals surface area contributed by atoms with Gasteiger partial charge in [0, 0.05) is 5.56 Å². The Morgan fingerprint density at radius 1 is 1.12 bits per heavy atom. The van der Waals surface area contributed by atoms with Crippen LogP contribution in [-0.4, -0.2) is 24.2 Å². The Kier molecular flexibility index (Phi) is 3.21. The zero-order chi connectivity index (χ0) is 18.2. The number of carbonyl (C=O) groups is 3. The molecule has 5 nitrogen and oxygen atoms in total. The molecule has 26 heavy (non-hydrogen) atoms. The van der Waals surface area contributed by atoms with E-state index in [0.29, 0.717) is 35.4 Å².